The van der Waals surface area contributed by atoms with E-state index in [4.69, 9.17) is 23.6 Å². The molecule has 50 heavy (non-hydrogen) atoms. The van der Waals surface area contributed by atoms with Crippen molar-refractivity contribution >= 4 is 13.5 Å². The first-order valence-electron chi connectivity index (χ1n) is 22.9. The van der Waals surface area contributed by atoms with Gasteiger partial charge in [0, 0.05) is 57.4 Å². The fraction of sp³-hybridized carbons (Fsp3) is 0.244. The first kappa shape index (κ1) is 22.6. The molecule has 5 heteroatoms. The minimum absolute atomic E-state index is 0. The Kier molecular flexibility index (Phi) is 6.78. The van der Waals surface area contributed by atoms with Crippen LogP contribution in [-0.4, -0.2) is 18.3 Å². The number of fused-ring (bicyclic) bond motifs is 3. The second-order valence-electron chi connectivity index (χ2n) is 13.4. The number of hydrogen-bond donors (Lipinski definition) is 0. The van der Waals surface area contributed by atoms with Crippen molar-refractivity contribution in [3.8, 4) is 50.5 Å². The zero-order valence-corrected chi connectivity index (χ0v) is 31.8. The normalized spacial score (nSPS) is 18.2. The van der Waals surface area contributed by atoms with Gasteiger partial charge in [-0.25, -0.2) is 0 Å². The summed E-state index contributed by atoms with van der Waals surface area (Å²) >= 11 is 0. The molecular weight excluding hydrogens is 805 g/mol. The van der Waals surface area contributed by atoms with Crippen LogP contribution in [0.5, 0.6) is 5.75 Å². The molecule has 3 nitrogen and oxygen atoms in total. The Morgan fingerprint density at radius 3 is 2.18 bits per heavy atom. The van der Waals surface area contributed by atoms with E-state index in [2.05, 4.69) is 47.3 Å². The molecule has 0 amide bonds. The Hall–Kier alpha value is -4.15. The minimum Gasteiger partial charge on any atom is -0.583 e. The van der Waals surface area contributed by atoms with Gasteiger partial charge in [0.25, 0.3) is 8.32 Å². The molecule has 6 aromatic rings. The molecule has 0 bridgehead atoms. The fourth-order valence-electron chi connectivity index (χ4n) is 5.81. The smallest absolute Gasteiger partial charge is 0.264 e. The summed E-state index contributed by atoms with van der Waals surface area (Å²) in [6.45, 7) is -0.764. The molecule has 0 saturated carbocycles. The molecule has 4 aromatic carbocycles. The van der Waals surface area contributed by atoms with Crippen molar-refractivity contribution < 1.29 is 43.7 Å². The first-order valence-corrected chi connectivity index (χ1v) is 18.8. The van der Waals surface area contributed by atoms with Crippen LogP contribution in [-0.2, 0) is 26.5 Å². The SMILES string of the molecule is [2H]C([2H])([2H])c1cnc(-c2[c-]ccc3c2O[Si](C)(C)c2ccccc2-3)cc1-c1ccc(C([2H])([2H])C(C)(C)C)cc1C([2H])([2H])[2H].[2H]C([2H])([2H])c1cnc(-c2[c-]cccc2)cc1C([2H])([2H])[2H].[Ir]. The Morgan fingerprint density at radius 1 is 0.700 bits per heavy atom. The second-order valence-corrected chi connectivity index (χ2v) is 17.2. The maximum absolute atomic E-state index is 8.72. The summed E-state index contributed by atoms with van der Waals surface area (Å²) in [6.07, 6.45) is 0.547. The average Bonchev–Trinajstić information content (AvgIpc) is 3.19. The summed E-state index contributed by atoms with van der Waals surface area (Å²) in [5, 5.41) is 1.17. The number of aromatic nitrogens is 2. The van der Waals surface area contributed by atoms with Crippen molar-refractivity contribution in [3.05, 3.63) is 143 Å². The molecule has 2 aromatic heterocycles. The van der Waals surface area contributed by atoms with Crippen LogP contribution in [0.15, 0.2) is 103 Å². The molecule has 1 aliphatic heterocycles. The monoisotopic (exact) mass is 865 g/mol. The number of nitrogens with zero attached hydrogens (tertiary/aromatic N) is 2. The molecule has 1 radical (unpaired) electrons. The third-order valence-corrected chi connectivity index (χ3v) is 10.5. The summed E-state index contributed by atoms with van der Waals surface area (Å²) in [6, 6.07) is 32.3. The van der Waals surface area contributed by atoms with Crippen LogP contribution in [0.25, 0.3) is 44.8 Å². The van der Waals surface area contributed by atoms with Crippen LogP contribution in [0.3, 0.4) is 0 Å². The van der Waals surface area contributed by atoms with Gasteiger partial charge in [0.2, 0.25) is 0 Å². The summed E-state index contributed by atoms with van der Waals surface area (Å²) in [5.41, 5.74) is 3.05. The molecule has 0 N–H and O–H groups in total. The van der Waals surface area contributed by atoms with Gasteiger partial charge in [-0.2, -0.15) is 0 Å². The van der Waals surface area contributed by atoms with Gasteiger partial charge in [-0.05, 0) is 108 Å². The molecule has 1 aliphatic rings. The summed E-state index contributed by atoms with van der Waals surface area (Å²) in [5.74, 6) is 0.614. The van der Waals surface area contributed by atoms with Crippen molar-refractivity contribution in [1.82, 2.24) is 9.97 Å². The predicted octanol–water partition coefficient (Wildman–Crippen LogP) is 11.1. The van der Waals surface area contributed by atoms with E-state index in [-0.39, 0.29) is 59.0 Å². The number of rotatable bonds is 4. The van der Waals surface area contributed by atoms with Gasteiger partial charge in [-0.15, -0.1) is 54.1 Å². The van der Waals surface area contributed by atoms with Gasteiger partial charge < -0.3 is 14.4 Å². The Labute approximate surface area is 333 Å². The van der Waals surface area contributed by atoms with Gasteiger partial charge in [0.05, 0.1) is 0 Å². The minimum atomic E-state index is -2.64. The largest absolute Gasteiger partial charge is 0.583 e. The Balaban J connectivity index is 0.000000308. The maximum atomic E-state index is 8.72. The van der Waals surface area contributed by atoms with Gasteiger partial charge >= 0.3 is 0 Å². The van der Waals surface area contributed by atoms with Crippen molar-refractivity contribution in [3.63, 3.8) is 0 Å². The molecule has 0 saturated heterocycles. The average molecular weight is 865 g/mol. The van der Waals surface area contributed by atoms with E-state index in [1.165, 1.54) is 29.6 Å². The molecule has 7 rings (SSSR count). The van der Waals surface area contributed by atoms with E-state index in [0.717, 1.165) is 17.3 Å². The third-order valence-electron chi connectivity index (χ3n) is 8.05. The van der Waals surface area contributed by atoms with Gasteiger partial charge in [0.15, 0.2) is 0 Å². The Morgan fingerprint density at radius 2 is 1.44 bits per heavy atom. The van der Waals surface area contributed by atoms with Crippen molar-refractivity contribution in [2.45, 2.75) is 67.6 Å². The van der Waals surface area contributed by atoms with Gasteiger partial charge in [-0.3, -0.25) is 0 Å². The fourth-order valence-corrected chi connectivity index (χ4v) is 8.00. The van der Waals surface area contributed by atoms with Crippen LogP contribution in [0.4, 0.5) is 0 Å². The van der Waals surface area contributed by atoms with Crippen molar-refractivity contribution in [2.75, 3.05) is 0 Å². The number of benzene rings is 4. The van der Waals surface area contributed by atoms with Crippen molar-refractivity contribution in [2.24, 2.45) is 5.41 Å². The summed E-state index contributed by atoms with van der Waals surface area (Å²) < 4.78 is 119. The second kappa shape index (κ2) is 15.0. The van der Waals surface area contributed by atoms with E-state index < -0.39 is 47.5 Å². The van der Waals surface area contributed by atoms with E-state index in [9.17, 15) is 0 Å². The summed E-state index contributed by atoms with van der Waals surface area (Å²) in [7, 11) is -2.37. The van der Waals surface area contributed by atoms with Gasteiger partial charge in [-0.1, -0.05) is 92.1 Å². The number of aryl methyl sites for hydroxylation is 4. The quantitative estimate of drug-likeness (QED) is 0.131. The zero-order valence-electron chi connectivity index (χ0n) is 42.5. The molecule has 257 valence electrons. The molecule has 0 aliphatic carbocycles. The number of hydrogen-bond acceptors (Lipinski definition) is 3. The molecule has 0 atom stereocenters. The molecule has 0 fully saturated rings. The molecule has 3 heterocycles. The Bertz CT molecular complexity index is 2650. The third kappa shape index (κ3) is 8.07. The van der Waals surface area contributed by atoms with E-state index in [0.29, 0.717) is 28.3 Å². The van der Waals surface area contributed by atoms with Crippen LogP contribution in [0.1, 0.15) is 67.8 Å². The van der Waals surface area contributed by atoms with E-state index in [1.807, 2.05) is 18.2 Å². The zero-order chi connectivity index (χ0) is 46.7. The molecule has 0 spiro atoms. The van der Waals surface area contributed by atoms with Crippen LogP contribution >= 0.6 is 0 Å². The van der Waals surface area contributed by atoms with Crippen LogP contribution in [0, 0.1) is 45.0 Å². The van der Waals surface area contributed by atoms with Crippen molar-refractivity contribution in [1.29, 1.82) is 0 Å². The van der Waals surface area contributed by atoms with E-state index in [1.54, 1.807) is 63.2 Å². The predicted molar refractivity (Wildman–Crippen MR) is 208 cm³/mol. The van der Waals surface area contributed by atoms with E-state index >= 15 is 0 Å². The first-order chi connectivity index (χ1) is 28.9. The standard InChI is InChI=1S/C32H34NOSi.C13H12N.Ir/c1-21-17-23(19-32(3,4)5)15-16-24(21)28-18-29(33-20-22(28)2)27-13-10-12-26-25-11-8-9-14-30(25)35(6,7)34-31(26)27;1-10-8-13(14-9-11(10)2)12-6-4-3-5-7-12;/h8-12,14-18,20H,19H2,1-7H3;3-6,8-9H,1-2H3;/q2*-1;/i1D3,2D3,19D2;1D3,2D3;. The van der Waals surface area contributed by atoms with Crippen LogP contribution < -0.4 is 9.61 Å². The number of pyridine rings is 2. The van der Waals surface area contributed by atoms with Gasteiger partial charge in [0.1, 0.15) is 0 Å². The molecule has 0 unspecified atom stereocenters. The van der Waals surface area contributed by atoms with Crippen LogP contribution in [0.2, 0.25) is 13.1 Å². The maximum Gasteiger partial charge on any atom is 0.264 e. The topological polar surface area (TPSA) is 35.0 Å². The molecular formula is C45H46IrN2OSi-2. The summed E-state index contributed by atoms with van der Waals surface area (Å²) in [4.78, 5) is 8.59.